The van der Waals surface area contributed by atoms with E-state index in [4.69, 9.17) is 0 Å². The summed E-state index contributed by atoms with van der Waals surface area (Å²) in [5.41, 5.74) is 4.77. The molecular formula is C23H26N2O2. The average molecular weight is 362 g/mol. The van der Waals surface area contributed by atoms with Gasteiger partial charge < -0.3 is 10.3 Å². The van der Waals surface area contributed by atoms with E-state index in [0.717, 1.165) is 34.0 Å². The van der Waals surface area contributed by atoms with Crippen LogP contribution in [0.3, 0.4) is 0 Å². The van der Waals surface area contributed by atoms with Gasteiger partial charge in [0.1, 0.15) is 0 Å². The minimum atomic E-state index is -0.160. The number of hydrogen-bond acceptors (Lipinski definition) is 2. The van der Waals surface area contributed by atoms with Gasteiger partial charge in [0.15, 0.2) is 0 Å². The maximum absolute atomic E-state index is 12.5. The molecule has 0 aliphatic heterocycles. The molecule has 1 heterocycles. The predicted molar refractivity (Wildman–Crippen MR) is 110 cm³/mol. The number of aromatic amines is 1. The minimum Gasteiger partial charge on any atom is -0.355 e. The third kappa shape index (κ3) is 4.11. The predicted octanol–water partition coefficient (Wildman–Crippen LogP) is 4.00. The summed E-state index contributed by atoms with van der Waals surface area (Å²) in [6.07, 6.45) is 1.25. The molecule has 0 aliphatic rings. The summed E-state index contributed by atoms with van der Waals surface area (Å²) in [6, 6.07) is 15.8. The van der Waals surface area contributed by atoms with Crippen LogP contribution in [-0.4, -0.2) is 17.4 Å². The van der Waals surface area contributed by atoms with Crippen molar-refractivity contribution in [3.63, 3.8) is 0 Å². The Labute approximate surface area is 159 Å². The molecule has 140 valence electrons. The second kappa shape index (κ2) is 8.21. The first-order valence-electron chi connectivity index (χ1n) is 9.46. The molecule has 4 nitrogen and oxygen atoms in total. The van der Waals surface area contributed by atoms with E-state index < -0.39 is 0 Å². The lowest BCUT2D eigenvalue weighted by molar-refractivity contribution is -0.122. The average Bonchev–Trinajstić information content (AvgIpc) is 2.67. The van der Waals surface area contributed by atoms with Crippen molar-refractivity contribution >= 4 is 16.8 Å². The molecule has 0 saturated carbocycles. The Hall–Kier alpha value is -2.88. The van der Waals surface area contributed by atoms with Gasteiger partial charge in [-0.25, -0.2) is 0 Å². The van der Waals surface area contributed by atoms with Crippen LogP contribution >= 0.6 is 0 Å². The van der Waals surface area contributed by atoms with Crippen LogP contribution in [0.1, 0.15) is 41.5 Å². The Kier molecular flexibility index (Phi) is 5.75. The van der Waals surface area contributed by atoms with Crippen molar-refractivity contribution in [2.24, 2.45) is 0 Å². The second-order valence-electron chi connectivity index (χ2n) is 7.01. The Bertz CT molecular complexity index is 1010. The van der Waals surface area contributed by atoms with Gasteiger partial charge in [0.2, 0.25) is 5.91 Å². The van der Waals surface area contributed by atoms with E-state index in [-0.39, 0.29) is 17.4 Å². The van der Waals surface area contributed by atoms with Gasteiger partial charge in [-0.05, 0) is 54.8 Å². The topological polar surface area (TPSA) is 62.0 Å². The molecule has 0 spiro atoms. The van der Waals surface area contributed by atoms with Crippen LogP contribution < -0.4 is 10.9 Å². The van der Waals surface area contributed by atoms with Crippen molar-refractivity contribution in [3.8, 4) is 0 Å². The van der Waals surface area contributed by atoms with E-state index in [2.05, 4.69) is 16.4 Å². The second-order valence-corrected chi connectivity index (χ2v) is 7.01. The molecule has 2 aromatic carbocycles. The number of carbonyl (C=O) groups excluding carboxylic acids is 1. The lowest BCUT2D eigenvalue weighted by Gasteiger charge is -2.15. The molecular weight excluding hydrogens is 336 g/mol. The molecule has 0 radical (unpaired) electrons. The summed E-state index contributed by atoms with van der Waals surface area (Å²) in [5.74, 6) is -0.154. The number of carbonyl (C=O) groups is 1. The lowest BCUT2D eigenvalue weighted by atomic mass is 9.95. The van der Waals surface area contributed by atoms with Gasteiger partial charge in [-0.2, -0.15) is 0 Å². The molecule has 0 unspecified atom stereocenters. The molecule has 1 amide bonds. The maximum Gasteiger partial charge on any atom is 0.251 e. The van der Waals surface area contributed by atoms with E-state index in [1.54, 1.807) is 0 Å². The van der Waals surface area contributed by atoms with Gasteiger partial charge >= 0.3 is 0 Å². The summed E-state index contributed by atoms with van der Waals surface area (Å²) in [6.45, 7) is 6.51. The number of aromatic nitrogens is 1. The van der Waals surface area contributed by atoms with Crippen LogP contribution in [0.25, 0.3) is 10.9 Å². The van der Waals surface area contributed by atoms with E-state index >= 15 is 0 Å². The number of fused-ring (bicyclic) bond motifs is 1. The zero-order valence-electron chi connectivity index (χ0n) is 16.1. The van der Waals surface area contributed by atoms with E-state index in [0.29, 0.717) is 18.5 Å². The number of benzene rings is 2. The first kappa shape index (κ1) is 18.9. The van der Waals surface area contributed by atoms with Crippen LogP contribution in [-0.2, 0) is 11.2 Å². The maximum atomic E-state index is 12.5. The minimum absolute atomic E-state index is 0.00684. The van der Waals surface area contributed by atoms with E-state index in [1.807, 2.05) is 63.2 Å². The summed E-state index contributed by atoms with van der Waals surface area (Å²) in [4.78, 5) is 28.0. The van der Waals surface area contributed by atoms with Crippen LogP contribution in [0.2, 0.25) is 0 Å². The van der Waals surface area contributed by atoms with Crippen molar-refractivity contribution in [1.82, 2.24) is 10.3 Å². The normalized spacial score (nSPS) is 12.1. The SMILES string of the molecule is CC[C@H](C(=O)NCCc1cc2ccc(C)c(C)c2[nH]c1=O)c1ccccc1. The number of pyridine rings is 1. The standard InChI is InChI=1S/C23H26N2O2/c1-4-20(17-8-6-5-7-9-17)23(27)24-13-12-19-14-18-11-10-15(2)16(3)21(18)25-22(19)26/h5-11,14,20H,4,12-13H2,1-3H3,(H,24,27)(H,25,26)/t20-/m0/s1. The Morgan fingerprint density at radius 2 is 1.85 bits per heavy atom. The van der Waals surface area contributed by atoms with Gasteiger partial charge in [0.25, 0.3) is 5.56 Å². The molecule has 3 aromatic rings. The fourth-order valence-electron chi connectivity index (χ4n) is 3.46. The monoisotopic (exact) mass is 362 g/mol. The van der Waals surface area contributed by atoms with Crippen LogP contribution in [0.15, 0.2) is 53.3 Å². The van der Waals surface area contributed by atoms with Crippen LogP contribution in [0, 0.1) is 13.8 Å². The van der Waals surface area contributed by atoms with Crippen LogP contribution in [0.5, 0.6) is 0 Å². The molecule has 0 aliphatic carbocycles. The number of nitrogens with one attached hydrogen (secondary N) is 2. The first-order chi connectivity index (χ1) is 13.0. The van der Waals surface area contributed by atoms with Gasteiger partial charge in [-0.3, -0.25) is 9.59 Å². The molecule has 0 fully saturated rings. The third-order valence-electron chi connectivity index (χ3n) is 5.25. The molecule has 27 heavy (non-hydrogen) atoms. The largest absolute Gasteiger partial charge is 0.355 e. The van der Waals surface area contributed by atoms with Crippen molar-refractivity contribution in [3.05, 3.63) is 81.1 Å². The fourth-order valence-corrected chi connectivity index (χ4v) is 3.46. The highest BCUT2D eigenvalue weighted by Gasteiger charge is 2.18. The number of rotatable bonds is 6. The zero-order valence-corrected chi connectivity index (χ0v) is 16.1. The van der Waals surface area contributed by atoms with Crippen molar-refractivity contribution < 1.29 is 4.79 Å². The first-order valence-corrected chi connectivity index (χ1v) is 9.46. The number of H-pyrrole nitrogens is 1. The highest BCUT2D eigenvalue weighted by molar-refractivity contribution is 5.84. The molecule has 1 atom stereocenters. The Balaban J connectivity index is 1.70. The number of aryl methyl sites for hydroxylation is 2. The highest BCUT2D eigenvalue weighted by atomic mass is 16.2. The summed E-state index contributed by atoms with van der Waals surface area (Å²) in [7, 11) is 0. The Morgan fingerprint density at radius 1 is 1.11 bits per heavy atom. The van der Waals surface area contributed by atoms with Gasteiger partial charge in [-0.15, -0.1) is 0 Å². The number of hydrogen-bond donors (Lipinski definition) is 2. The lowest BCUT2D eigenvalue weighted by Crippen LogP contribution is -2.31. The highest BCUT2D eigenvalue weighted by Crippen LogP contribution is 2.20. The molecule has 0 bridgehead atoms. The molecule has 3 rings (SSSR count). The summed E-state index contributed by atoms with van der Waals surface area (Å²) in [5, 5.41) is 4.01. The molecule has 4 heteroatoms. The number of amides is 1. The van der Waals surface area contributed by atoms with E-state index in [9.17, 15) is 9.59 Å². The van der Waals surface area contributed by atoms with Gasteiger partial charge in [0.05, 0.1) is 11.4 Å². The Morgan fingerprint density at radius 3 is 2.56 bits per heavy atom. The quantitative estimate of drug-likeness (QED) is 0.696. The van der Waals surface area contributed by atoms with Crippen molar-refractivity contribution in [2.45, 2.75) is 39.5 Å². The fraction of sp³-hybridized carbons (Fsp3) is 0.304. The summed E-state index contributed by atoms with van der Waals surface area (Å²) >= 11 is 0. The van der Waals surface area contributed by atoms with E-state index in [1.165, 1.54) is 0 Å². The van der Waals surface area contributed by atoms with Crippen molar-refractivity contribution in [1.29, 1.82) is 0 Å². The van der Waals surface area contributed by atoms with Crippen LogP contribution in [0.4, 0.5) is 0 Å². The zero-order chi connectivity index (χ0) is 19.4. The molecule has 2 N–H and O–H groups in total. The smallest absolute Gasteiger partial charge is 0.251 e. The van der Waals surface area contributed by atoms with Gasteiger partial charge in [0, 0.05) is 12.1 Å². The van der Waals surface area contributed by atoms with Crippen molar-refractivity contribution in [2.75, 3.05) is 6.54 Å². The molecule has 0 saturated heterocycles. The molecule has 1 aromatic heterocycles. The summed E-state index contributed by atoms with van der Waals surface area (Å²) < 4.78 is 0. The third-order valence-corrected chi connectivity index (χ3v) is 5.25. The van der Waals surface area contributed by atoms with Gasteiger partial charge in [-0.1, -0.05) is 49.4 Å².